The molecular weight excluding hydrogens is 220 g/mol. The fourth-order valence-corrected chi connectivity index (χ4v) is 5.26. The zero-order valence-corrected chi connectivity index (χ0v) is 10.5. The van der Waals surface area contributed by atoms with Crippen LogP contribution in [-0.2, 0) is 6.54 Å². The van der Waals surface area contributed by atoms with E-state index in [-0.39, 0.29) is 0 Å². The van der Waals surface area contributed by atoms with E-state index in [0.29, 0.717) is 0 Å². The topological polar surface area (TPSA) is 27.1 Å². The van der Waals surface area contributed by atoms with Crippen molar-refractivity contribution in [1.29, 1.82) is 5.41 Å². The van der Waals surface area contributed by atoms with E-state index in [2.05, 4.69) is 29.2 Å². The van der Waals surface area contributed by atoms with Crippen molar-refractivity contribution in [3.8, 4) is 0 Å². The summed E-state index contributed by atoms with van der Waals surface area (Å²) in [5, 5.41) is 8.42. The number of hydrogen-bond donors (Lipinski definition) is 1. The summed E-state index contributed by atoms with van der Waals surface area (Å²) in [5.41, 5.74) is 2.54. The van der Waals surface area contributed by atoms with Crippen molar-refractivity contribution in [3.05, 3.63) is 35.4 Å². The highest BCUT2D eigenvalue weighted by atomic mass is 15.3. The van der Waals surface area contributed by atoms with Crippen molar-refractivity contribution in [3.63, 3.8) is 0 Å². The molecular formula is C16H18N2. The maximum Gasteiger partial charge on any atom is 0.128 e. The second kappa shape index (κ2) is 2.98. The Bertz CT molecular complexity index is 534. The van der Waals surface area contributed by atoms with Gasteiger partial charge in [-0.1, -0.05) is 24.3 Å². The van der Waals surface area contributed by atoms with Gasteiger partial charge < -0.3 is 4.90 Å². The largest absolute Gasteiger partial charge is 0.349 e. The highest BCUT2D eigenvalue weighted by Crippen LogP contribution is 2.67. The van der Waals surface area contributed by atoms with Crippen molar-refractivity contribution >= 4 is 5.84 Å². The summed E-state index contributed by atoms with van der Waals surface area (Å²) in [4.78, 5) is 2.41. The van der Waals surface area contributed by atoms with Crippen LogP contribution in [0.5, 0.6) is 0 Å². The summed E-state index contributed by atoms with van der Waals surface area (Å²) >= 11 is 0. The number of amidine groups is 1. The molecule has 92 valence electrons. The van der Waals surface area contributed by atoms with Gasteiger partial charge in [0.05, 0.1) is 0 Å². The van der Waals surface area contributed by atoms with Gasteiger partial charge in [-0.25, -0.2) is 0 Å². The average molecular weight is 238 g/mol. The lowest BCUT2D eigenvalue weighted by atomic mass is 10.0. The van der Waals surface area contributed by atoms with Crippen LogP contribution in [0, 0.1) is 29.1 Å². The van der Waals surface area contributed by atoms with Crippen LogP contribution in [0.4, 0.5) is 0 Å². The fraction of sp³-hybridized carbons (Fsp3) is 0.562. The first-order valence-corrected chi connectivity index (χ1v) is 7.28. The first-order valence-electron chi connectivity index (χ1n) is 7.28. The van der Waals surface area contributed by atoms with Crippen LogP contribution in [0.25, 0.3) is 0 Å². The lowest BCUT2D eigenvalue weighted by Gasteiger charge is -2.22. The van der Waals surface area contributed by atoms with E-state index < -0.39 is 0 Å². The van der Waals surface area contributed by atoms with Crippen molar-refractivity contribution in [2.45, 2.75) is 31.8 Å². The van der Waals surface area contributed by atoms with E-state index in [9.17, 15) is 0 Å². The SMILES string of the molecule is N=C1c2ccccc2CN1C1C2C3CCC(C3)C21. The molecule has 2 bridgehead atoms. The van der Waals surface area contributed by atoms with Gasteiger partial charge in [0.1, 0.15) is 5.84 Å². The second-order valence-electron chi connectivity index (χ2n) is 6.61. The molecule has 2 heteroatoms. The van der Waals surface area contributed by atoms with Crippen LogP contribution in [0.2, 0.25) is 0 Å². The highest BCUT2D eigenvalue weighted by Gasteiger charge is 2.67. The Morgan fingerprint density at radius 1 is 1.06 bits per heavy atom. The minimum atomic E-state index is 0.719. The third kappa shape index (κ3) is 0.992. The molecule has 0 saturated heterocycles. The van der Waals surface area contributed by atoms with Crippen molar-refractivity contribution < 1.29 is 0 Å². The molecule has 5 rings (SSSR count). The van der Waals surface area contributed by atoms with Gasteiger partial charge >= 0.3 is 0 Å². The number of benzene rings is 1. The third-order valence-electron chi connectivity index (χ3n) is 5.95. The summed E-state index contributed by atoms with van der Waals surface area (Å²) in [6, 6.07) is 9.19. The predicted octanol–water partition coefficient (Wildman–Crippen LogP) is 2.87. The third-order valence-corrected chi connectivity index (χ3v) is 5.95. The summed E-state index contributed by atoms with van der Waals surface area (Å²) in [6.45, 7) is 0.992. The van der Waals surface area contributed by atoms with Gasteiger partial charge in [-0.05, 0) is 48.5 Å². The Morgan fingerprint density at radius 2 is 1.78 bits per heavy atom. The highest BCUT2D eigenvalue weighted by molar-refractivity contribution is 6.00. The number of rotatable bonds is 1. The van der Waals surface area contributed by atoms with Gasteiger partial charge in [-0.3, -0.25) is 5.41 Å². The molecule has 4 aliphatic rings. The molecule has 1 aromatic carbocycles. The van der Waals surface area contributed by atoms with Crippen molar-refractivity contribution in [1.82, 2.24) is 4.90 Å². The summed E-state index contributed by atoms with van der Waals surface area (Å²) in [5.74, 6) is 4.68. The smallest absolute Gasteiger partial charge is 0.128 e. The van der Waals surface area contributed by atoms with E-state index >= 15 is 0 Å². The van der Waals surface area contributed by atoms with Crippen molar-refractivity contribution in [2.24, 2.45) is 23.7 Å². The number of fused-ring (bicyclic) bond motifs is 6. The molecule has 4 atom stereocenters. The molecule has 3 saturated carbocycles. The van der Waals surface area contributed by atoms with E-state index in [4.69, 9.17) is 5.41 Å². The van der Waals surface area contributed by atoms with Crippen LogP contribution in [0.15, 0.2) is 24.3 Å². The van der Waals surface area contributed by atoms with Crippen LogP contribution in [0.1, 0.15) is 30.4 Å². The molecule has 1 aromatic rings. The Hall–Kier alpha value is -1.31. The first-order chi connectivity index (χ1) is 8.84. The fourth-order valence-electron chi connectivity index (χ4n) is 5.26. The maximum atomic E-state index is 8.42. The Balaban J connectivity index is 1.47. The van der Waals surface area contributed by atoms with Crippen LogP contribution in [0.3, 0.4) is 0 Å². The number of nitrogens with one attached hydrogen (secondary N) is 1. The van der Waals surface area contributed by atoms with Gasteiger partial charge in [0.15, 0.2) is 0 Å². The average Bonchev–Trinajstić information content (AvgIpc) is 2.74. The second-order valence-corrected chi connectivity index (χ2v) is 6.61. The maximum absolute atomic E-state index is 8.42. The van der Waals surface area contributed by atoms with E-state index in [1.54, 1.807) is 0 Å². The quantitative estimate of drug-likeness (QED) is 0.800. The van der Waals surface area contributed by atoms with Crippen molar-refractivity contribution in [2.75, 3.05) is 0 Å². The van der Waals surface area contributed by atoms with Gasteiger partial charge in [0.2, 0.25) is 0 Å². The van der Waals surface area contributed by atoms with Crippen LogP contribution < -0.4 is 0 Å². The van der Waals surface area contributed by atoms with Crippen LogP contribution >= 0.6 is 0 Å². The molecule has 0 amide bonds. The minimum Gasteiger partial charge on any atom is -0.349 e. The molecule has 0 spiro atoms. The lowest BCUT2D eigenvalue weighted by Crippen LogP contribution is -2.30. The minimum absolute atomic E-state index is 0.719. The van der Waals surface area contributed by atoms with E-state index in [1.807, 2.05) is 0 Å². The molecule has 2 nitrogen and oxygen atoms in total. The Labute approximate surface area is 108 Å². The molecule has 3 aliphatic carbocycles. The molecule has 0 radical (unpaired) electrons. The van der Waals surface area contributed by atoms with Gasteiger partial charge in [-0.15, -0.1) is 0 Å². The zero-order valence-electron chi connectivity index (χ0n) is 10.5. The summed E-state index contributed by atoms with van der Waals surface area (Å²) < 4.78 is 0. The van der Waals surface area contributed by atoms with Gasteiger partial charge in [-0.2, -0.15) is 0 Å². The Kier molecular flexibility index (Phi) is 1.59. The molecule has 4 unspecified atom stereocenters. The lowest BCUT2D eigenvalue weighted by molar-refractivity contribution is 0.330. The molecule has 1 N–H and O–H groups in total. The molecule has 3 fully saturated rings. The molecule has 18 heavy (non-hydrogen) atoms. The molecule has 1 aliphatic heterocycles. The molecule has 0 aromatic heterocycles. The normalized spacial score (nSPS) is 43.2. The monoisotopic (exact) mass is 238 g/mol. The Morgan fingerprint density at radius 3 is 2.50 bits per heavy atom. The van der Waals surface area contributed by atoms with Gasteiger partial charge in [0.25, 0.3) is 0 Å². The van der Waals surface area contributed by atoms with E-state index in [0.717, 1.165) is 42.1 Å². The van der Waals surface area contributed by atoms with Gasteiger partial charge in [0, 0.05) is 18.2 Å². The number of nitrogens with zero attached hydrogens (tertiary/aromatic N) is 1. The van der Waals surface area contributed by atoms with E-state index in [1.165, 1.54) is 30.4 Å². The zero-order chi connectivity index (χ0) is 11.9. The predicted molar refractivity (Wildman–Crippen MR) is 70.4 cm³/mol. The number of hydrogen-bond acceptors (Lipinski definition) is 1. The summed E-state index contributed by atoms with van der Waals surface area (Å²) in [6.07, 6.45) is 4.44. The standard InChI is InChI=1S/C16H18N2/c17-16-12-4-2-1-3-11(12)8-18(16)15-13-9-5-6-10(7-9)14(13)15/h1-4,9-10,13-15,17H,5-8H2. The summed E-state index contributed by atoms with van der Waals surface area (Å²) in [7, 11) is 0. The first kappa shape index (κ1) is 9.60. The van der Waals surface area contributed by atoms with Crippen LogP contribution in [-0.4, -0.2) is 16.8 Å². The molecule has 1 heterocycles.